The molecule has 1 unspecified atom stereocenters. The molecule has 0 bridgehead atoms. The second kappa shape index (κ2) is 6.61. The van der Waals surface area contributed by atoms with Crippen LogP contribution in [0.3, 0.4) is 0 Å². The lowest BCUT2D eigenvalue weighted by Crippen LogP contribution is -2.15. The van der Waals surface area contributed by atoms with Crippen LogP contribution in [0.1, 0.15) is 19.0 Å². The van der Waals surface area contributed by atoms with Crippen LogP contribution < -0.4 is 5.73 Å². The van der Waals surface area contributed by atoms with Crippen molar-refractivity contribution in [1.29, 1.82) is 0 Å². The minimum atomic E-state index is 0.291. The van der Waals surface area contributed by atoms with E-state index in [2.05, 4.69) is 23.3 Å². The molecule has 0 aliphatic heterocycles. The van der Waals surface area contributed by atoms with Crippen LogP contribution in [0.25, 0.3) is 5.69 Å². The minimum absolute atomic E-state index is 0.291. The molecule has 1 heterocycles. The molecule has 0 fully saturated rings. The summed E-state index contributed by atoms with van der Waals surface area (Å²) < 4.78 is 1.92. The van der Waals surface area contributed by atoms with E-state index in [-0.39, 0.29) is 0 Å². The molecule has 3 nitrogen and oxygen atoms in total. The van der Waals surface area contributed by atoms with E-state index < -0.39 is 0 Å². The van der Waals surface area contributed by atoms with Gasteiger partial charge in [-0.2, -0.15) is 16.9 Å². The largest absolute Gasteiger partial charge is 0.328 e. The third-order valence-corrected chi connectivity index (χ3v) is 3.66. The Labute approximate surface area is 112 Å². The van der Waals surface area contributed by atoms with Gasteiger partial charge in [0.2, 0.25) is 0 Å². The molecule has 0 aliphatic carbocycles. The van der Waals surface area contributed by atoms with Gasteiger partial charge < -0.3 is 5.73 Å². The van der Waals surface area contributed by atoms with Gasteiger partial charge in [0, 0.05) is 18.0 Å². The SMILES string of the molecule is CC(N)CCSCc1ccn(-c2ccccc2)n1. The molecule has 0 saturated heterocycles. The van der Waals surface area contributed by atoms with E-state index in [0.717, 1.165) is 29.3 Å². The Morgan fingerprint density at radius 2 is 2.06 bits per heavy atom. The molecule has 18 heavy (non-hydrogen) atoms. The highest BCUT2D eigenvalue weighted by molar-refractivity contribution is 7.98. The van der Waals surface area contributed by atoms with Gasteiger partial charge in [0.15, 0.2) is 0 Å². The van der Waals surface area contributed by atoms with Crippen LogP contribution in [-0.4, -0.2) is 21.6 Å². The van der Waals surface area contributed by atoms with Crippen molar-refractivity contribution in [3.05, 3.63) is 48.3 Å². The Kier molecular flexibility index (Phi) is 4.84. The molecule has 4 heteroatoms. The van der Waals surface area contributed by atoms with Crippen molar-refractivity contribution in [2.75, 3.05) is 5.75 Å². The fourth-order valence-corrected chi connectivity index (χ4v) is 2.66. The topological polar surface area (TPSA) is 43.8 Å². The summed E-state index contributed by atoms with van der Waals surface area (Å²) in [6.45, 7) is 2.05. The Morgan fingerprint density at radius 3 is 2.78 bits per heavy atom. The fraction of sp³-hybridized carbons (Fsp3) is 0.357. The molecule has 2 aromatic rings. The summed E-state index contributed by atoms with van der Waals surface area (Å²) >= 11 is 1.89. The first kappa shape index (κ1) is 13.2. The number of nitrogens with zero attached hydrogens (tertiary/aromatic N) is 2. The first-order chi connectivity index (χ1) is 8.75. The highest BCUT2D eigenvalue weighted by atomic mass is 32.2. The number of aromatic nitrogens is 2. The third-order valence-electron chi connectivity index (χ3n) is 2.63. The molecule has 0 spiro atoms. The number of nitrogens with two attached hydrogens (primary N) is 1. The quantitative estimate of drug-likeness (QED) is 0.813. The average Bonchev–Trinajstić information content (AvgIpc) is 2.84. The lowest BCUT2D eigenvalue weighted by molar-refractivity contribution is 0.721. The Morgan fingerprint density at radius 1 is 1.28 bits per heavy atom. The number of para-hydroxylation sites is 1. The molecule has 2 N–H and O–H groups in total. The van der Waals surface area contributed by atoms with Crippen molar-refractivity contribution < 1.29 is 0 Å². The number of rotatable bonds is 6. The number of hydrogen-bond donors (Lipinski definition) is 1. The summed E-state index contributed by atoms with van der Waals surface area (Å²) in [5, 5.41) is 4.56. The molecule has 0 radical (unpaired) electrons. The van der Waals surface area contributed by atoms with Crippen molar-refractivity contribution in [3.8, 4) is 5.69 Å². The fourth-order valence-electron chi connectivity index (χ4n) is 1.61. The molecule has 1 aromatic carbocycles. The van der Waals surface area contributed by atoms with Crippen LogP contribution in [-0.2, 0) is 5.75 Å². The molecule has 1 aromatic heterocycles. The summed E-state index contributed by atoms with van der Waals surface area (Å²) in [5.41, 5.74) is 7.94. The molecular weight excluding hydrogens is 242 g/mol. The summed E-state index contributed by atoms with van der Waals surface area (Å²) in [7, 11) is 0. The second-order valence-corrected chi connectivity index (χ2v) is 5.51. The zero-order valence-electron chi connectivity index (χ0n) is 10.6. The Hall–Kier alpha value is -1.26. The van der Waals surface area contributed by atoms with Crippen LogP contribution in [0.5, 0.6) is 0 Å². The van der Waals surface area contributed by atoms with E-state index in [1.807, 2.05) is 47.8 Å². The molecule has 1 atom stereocenters. The third kappa shape index (κ3) is 3.89. The molecule has 0 amide bonds. The van der Waals surface area contributed by atoms with Crippen LogP contribution in [0, 0.1) is 0 Å². The van der Waals surface area contributed by atoms with Crippen molar-refractivity contribution in [3.63, 3.8) is 0 Å². The maximum absolute atomic E-state index is 5.72. The summed E-state index contributed by atoms with van der Waals surface area (Å²) in [4.78, 5) is 0. The van der Waals surface area contributed by atoms with Crippen molar-refractivity contribution in [2.45, 2.75) is 25.1 Å². The van der Waals surface area contributed by atoms with Gasteiger partial charge in [0.05, 0.1) is 11.4 Å². The maximum Gasteiger partial charge on any atom is 0.0727 e. The summed E-state index contributed by atoms with van der Waals surface area (Å²) in [6, 6.07) is 12.5. The predicted molar refractivity (Wildman–Crippen MR) is 78.0 cm³/mol. The van der Waals surface area contributed by atoms with Crippen molar-refractivity contribution >= 4 is 11.8 Å². The van der Waals surface area contributed by atoms with Crippen molar-refractivity contribution in [2.24, 2.45) is 5.73 Å². The molecule has 96 valence electrons. The van der Waals surface area contributed by atoms with Gasteiger partial charge in [0.1, 0.15) is 0 Å². The van der Waals surface area contributed by atoms with Gasteiger partial charge in [-0.25, -0.2) is 4.68 Å². The predicted octanol–water partition coefficient (Wildman–Crippen LogP) is 2.84. The Bertz CT molecular complexity index is 465. The molecule has 0 aliphatic rings. The van der Waals surface area contributed by atoms with Gasteiger partial charge in [-0.15, -0.1) is 0 Å². The van der Waals surface area contributed by atoms with E-state index in [1.54, 1.807) is 0 Å². The number of benzene rings is 1. The first-order valence-corrected chi connectivity index (χ1v) is 7.34. The van der Waals surface area contributed by atoms with Crippen LogP contribution >= 0.6 is 11.8 Å². The smallest absolute Gasteiger partial charge is 0.0727 e. The van der Waals surface area contributed by atoms with Crippen LogP contribution in [0.4, 0.5) is 0 Å². The van der Waals surface area contributed by atoms with Gasteiger partial charge in [-0.3, -0.25) is 0 Å². The van der Waals surface area contributed by atoms with Gasteiger partial charge in [0.25, 0.3) is 0 Å². The standard InChI is InChI=1S/C14H19N3S/c1-12(15)8-10-18-11-13-7-9-17(16-13)14-5-3-2-4-6-14/h2-7,9,12H,8,10-11,15H2,1H3. The summed E-state index contributed by atoms with van der Waals surface area (Å²) in [5.74, 6) is 2.04. The lowest BCUT2D eigenvalue weighted by atomic mass is 10.3. The van der Waals surface area contributed by atoms with Crippen molar-refractivity contribution in [1.82, 2.24) is 9.78 Å². The minimum Gasteiger partial charge on any atom is -0.328 e. The normalized spacial score (nSPS) is 12.6. The van der Waals surface area contributed by atoms with E-state index >= 15 is 0 Å². The Balaban J connectivity index is 1.87. The van der Waals surface area contributed by atoms with Gasteiger partial charge in [-0.05, 0) is 37.3 Å². The zero-order chi connectivity index (χ0) is 12.8. The first-order valence-electron chi connectivity index (χ1n) is 6.19. The number of thioether (sulfide) groups is 1. The zero-order valence-corrected chi connectivity index (χ0v) is 11.4. The monoisotopic (exact) mass is 261 g/mol. The van der Waals surface area contributed by atoms with Crippen LogP contribution in [0.2, 0.25) is 0 Å². The van der Waals surface area contributed by atoms with E-state index in [4.69, 9.17) is 5.73 Å². The molecular formula is C14H19N3S. The van der Waals surface area contributed by atoms with E-state index in [1.165, 1.54) is 0 Å². The summed E-state index contributed by atoms with van der Waals surface area (Å²) in [6.07, 6.45) is 3.07. The number of hydrogen-bond acceptors (Lipinski definition) is 3. The highest BCUT2D eigenvalue weighted by Crippen LogP contribution is 2.13. The maximum atomic E-state index is 5.72. The molecule has 2 rings (SSSR count). The molecule has 0 saturated carbocycles. The van der Waals surface area contributed by atoms with Crippen LogP contribution in [0.15, 0.2) is 42.6 Å². The average molecular weight is 261 g/mol. The van der Waals surface area contributed by atoms with E-state index in [9.17, 15) is 0 Å². The second-order valence-electron chi connectivity index (χ2n) is 4.41. The van der Waals surface area contributed by atoms with E-state index in [0.29, 0.717) is 6.04 Å². The van der Waals surface area contributed by atoms with Gasteiger partial charge >= 0.3 is 0 Å². The lowest BCUT2D eigenvalue weighted by Gasteiger charge is -2.03. The van der Waals surface area contributed by atoms with Gasteiger partial charge in [-0.1, -0.05) is 18.2 Å². The highest BCUT2D eigenvalue weighted by Gasteiger charge is 2.01.